The molecule has 26 heavy (non-hydrogen) atoms. The highest BCUT2D eigenvalue weighted by Crippen LogP contribution is 2.17. The molecule has 0 aliphatic rings. The molecule has 10 heteroatoms. The Hall–Kier alpha value is -2.72. The minimum atomic E-state index is -3.29. The number of hydrogen-bond donors (Lipinski definition) is 3. The van der Waals surface area contributed by atoms with E-state index >= 15 is 0 Å². The van der Waals surface area contributed by atoms with Crippen molar-refractivity contribution in [3.8, 4) is 11.1 Å². The Kier molecular flexibility index (Phi) is 5.78. The number of hydrogen-bond acceptors (Lipinski definition) is 5. The number of aryl methyl sites for hydroxylation is 1. The number of nitrogens with one attached hydrogen (secondary N) is 3. The molecule has 0 atom stereocenters. The fraction of sp³-hybridized carbons (Fsp3) is 0.312. The van der Waals surface area contributed by atoms with Crippen LogP contribution in [-0.4, -0.2) is 55.0 Å². The number of H-pyrrole nitrogens is 2. The van der Waals surface area contributed by atoms with E-state index in [1.807, 2.05) is 0 Å². The summed E-state index contributed by atoms with van der Waals surface area (Å²) in [6.07, 6.45) is 1.09. The van der Waals surface area contributed by atoms with Gasteiger partial charge in [-0.3, -0.25) is 14.6 Å². The van der Waals surface area contributed by atoms with E-state index in [4.69, 9.17) is 0 Å². The van der Waals surface area contributed by atoms with E-state index in [9.17, 15) is 22.8 Å². The van der Waals surface area contributed by atoms with Crippen LogP contribution in [0.5, 0.6) is 0 Å². The Bertz CT molecular complexity index is 1020. The number of likely N-dealkylation sites (N-methyl/N-ethyl adjacent to an activating group) is 1. The first kappa shape index (κ1) is 19.6. The lowest BCUT2D eigenvalue weighted by Gasteiger charge is -2.14. The van der Waals surface area contributed by atoms with E-state index in [1.165, 1.54) is 7.05 Å². The standard InChI is InChI=1S/C16H20N4O5S/c1-10-13(15(22)19-16(23)18-10)11-4-6-12(7-5-11)14(21)17-8-9-20(2)26(3,24)25/h4-7H,8-9H2,1-3H3,(H,17,21)(H2,18,19,22,23). The van der Waals surface area contributed by atoms with Crippen molar-refractivity contribution in [3.05, 3.63) is 56.4 Å². The predicted molar refractivity (Wildman–Crippen MR) is 97.7 cm³/mol. The van der Waals surface area contributed by atoms with Gasteiger partial charge in [0.2, 0.25) is 10.0 Å². The lowest BCUT2D eigenvalue weighted by atomic mass is 10.0. The minimum Gasteiger partial charge on any atom is -0.351 e. The molecule has 0 aliphatic carbocycles. The van der Waals surface area contributed by atoms with E-state index in [0.29, 0.717) is 22.4 Å². The maximum Gasteiger partial charge on any atom is 0.325 e. The lowest BCUT2D eigenvalue weighted by Crippen LogP contribution is -2.35. The number of carbonyl (C=O) groups excluding carboxylic acids is 1. The molecule has 0 aliphatic heterocycles. The zero-order valence-corrected chi connectivity index (χ0v) is 15.4. The maximum atomic E-state index is 12.1. The third kappa shape index (κ3) is 4.67. The topological polar surface area (TPSA) is 132 Å². The highest BCUT2D eigenvalue weighted by molar-refractivity contribution is 7.88. The van der Waals surface area contributed by atoms with Crippen molar-refractivity contribution in [2.45, 2.75) is 6.92 Å². The summed E-state index contributed by atoms with van der Waals surface area (Å²) in [4.78, 5) is 40.0. The molecule has 9 nitrogen and oxygen atoms in total. The maximum absolute atomic E-state index is 12.1. The highest BCUT2D eigenvalue weighted by atomic mass is 32.2. The third-order valence-electron chi connectivity index (χ3n) is 3.84. The molecule has 1 aromatic heterocycles. The van der Waals surface area contributed by atoms with Crippen LogP contribution in [0.3, 0.4) is 0 Å². The van der Waals surface area contributed by atoms with Gasteiger partial charge in [0.05, 0.1) is 11.8 Å². The van der Waals surface area contributed by atoms with Crippen LogP contribution in [0, 0.1) is 6.92 Å². The number of benzene rings is 1. The van der Waals surface area contributed by atoms with E-state index in [2.05, 4.69) is 15.3 Å². The zero-order chi connectivity index (χ0) is 19.5. The molecule has 1 aromatic carbocycles. The molecular weight excluding hydrogens is 360 g/mol. The number of amides is 1. The van der Waals surface area contributed by atoms with Crippen molar-refractivity contribution in [2.75, 3.05) is 26.4 Å². The second-order valence-electron chi connectivity index (χ2n) is 5.83. The summed E-state index contributed by atoms with van der Waals surface area (Å²) in [7, 11) is -1.86. The van der Waals surface area contributed by atoms with Gasteiger partial charge in [0, 0.05) is 31.4 Å². The van der Waals surface area contributed by atoms with Gasteiger partial charge >= 0.3 is 5.69 Å². The van der Waals surface area contributed by atoms with Gasteiger partial charge in [0.1, 0.15) is 0 Å². The van der Waals surface area contributed by atoms with Gasteiger partial charge in [-0.1, -0.05) is 12.1 Å². The minimum absolute atomic E-state index is 0.161. The number of aromatic amines is 2. The Morgan fingerprint density at radius 1 is 1.15 bits per heavy atom. The van der Waals surface area contributed by atoms with Crippen molar-refractivity contribution in [1.82, 2.24) is 19.6 Å². The number of sulfonamides is 1. The summed E-state index contributed by atoms with van der Waals surface area (Å²) in [5.74, 6) is -0.356. The molecule has 2 rings (SSSR count). The average molecular weight is 380 g/mol. The summed E-state index contributed by atoms with van der Waals surface area (Å²) in [6, 6.07) is 6.31. The first-order valence-electron chi connectivity index (χ1n) is 7.72. The third-order valence-corrected chi connectivity index (χ3v) is 5.16. The van der Waals surface area contributed by atoms with E-state index in [0.717, 1.165) is 10.6 Å². The Morgan fingerprint density at radius 2 is 1.77 bits per heavy atom. The fourth-order valence-electron chi connectivity index (χ4n) is 2.33. The number of nitrogens with zero attached hydrogens (tertiary/aromatic N) is 1. The van der Waals surface area contributed by atoms with Crippen LogP contribution in [0.4, 0.5) is 0 Å². The Balaban J connectivity index is 2.09. The quantitative estimate of drug-likeness (QED) is 0.631. The van der Waals surface area contributed by atoms with Crippen LogP contribution >= 0.6 is 0 Å². The van der Waals surface area contributed by atoms with Crippen LogP contribution in [-0.2, 0) is 10.0 Å². The molecule has 0 saturated heterocycles. The molecule has 2 aromatic rings. The SMILES string of the molecule is Cc1[nH]c(=O)[nH]c(=O)c1-c1ccc(C(=O)NCCN(C)S(C)(=O)=O)cc1. The van der Waals surface area contributed by atoms with E-state index in [1.54, 1.807) is 31.2 Å². The van der Waals surface area contributed by atoms with Gasteiger partial charge in [-0.15, -0.1) is 0 Å². The van der Waals surface area contributed by atoms with E-state index in [-0.39, 0.29) is 19.0 Å². The number of aromatic nitrogens is 2. The molecule has 140 valence electrons. The normalized spacial score (nSPS) is 11.5. The molecule has 0 saturated carbocycles. The second-order valence-corrected chi connectivity index (χ2v) is 7.92. The van der Waals surface area contributed by atoms with Crippen LogP contribution in [0.15, 0.2) is 33.9 Å². The van der Waals surface area contributed by atoms with Crippen molar-refractivity contribution < 1.29 is 13.2 Å². The van der Waals surface area contributed by atoms with Gasteiger partial charge in [0.15, 0.2) is 0 Å². The van der Waals surface area contributed by atoms with Crippen LogP contribution < -0.4 is 16.6 Å². The van der Waals surface area contributed by atoms with Crippen molar-refractivity contribution in [2.24, 2.45) is 0 Å². The van der Waals surface area contributed by atoms with Crippen LogP contribution in [0.25, 0.3) is 11.1 Å². The smallest absolute Gasteiger partial charge is 0.325 e. The summed E-state index contributed by atoms with van der Waals surface area (Å²) >= 11 is 0. The monoisotopic (exact) mass is 380 g/mol. The Morgan fingerprint density at radius 3 is 2.31 bits per heavy atom. The molecule has 1 amide bonds. The molecule has 0 radical (unpaired) electrons. The van der Waals surface area contributed by atoms with Crippen LogP contribution in [0.1, 0.15) is 16.1 Å². The summed E-state index contributed by atoms with van der Waals surface area (Å²) in [5, 5.41) is 2.63. The highest BCUT2D eigenvalue weighted by Gasteiger charge is 2.13. The molecule has 3 N–H and O–H groups in total. The van der Waals surface area contributed by atoms with Gasteiger partial charge in [-0.05, 0) is 24.6 Å². The van der Waals surface area contributed by atoms with Gasteiger partial charge < -0.3 is 10.3 Å². The number of carbonyl (C=O) groups is 1. The molecule has 0 bridgehead atoms. The van der Waals surface area contributed by atoms with Crippen molar-refractivity contribution in [1.29, 1.82) is 0 Å². The van der Waals surface area contributed by atoms with Crippen LogP contribution in [0.2, 0.25) is 0 Å². The van der Waals surface area contributed by atoms with Gasteiger partial charge in [-0.2, -0.15) is 0 Å². The number of rotatable bonds is 6. The summed E-state index contributed by atoms with van der Waals surface area (Å²) in [6.45, 7) is 1.95. The molecular formula is C16H20N4O5S. The van der Waals surface area contributed by atoms with Crippen molar-refractivity contribution in [3.63, 3.8) is 0 Å². The molecule has 0 fully saturated rings. The summed E-state index contributed by atoms with van der Waals surface area (Å²) < 4.78 is 23.7. The Labute approximate surface area is 150 Å². The summed E-state index contributed by atoms with van der Waals surface area (Å²) in [5.41, 5.74) is 0.604. The first-order valence-corrected chi connectivity index (χ1v) is 9.57. The molecule has 0 unspecified atom stereocenters. The first-order chi connectivity index (χ1) is 12.1. The fourth-order valence-corrected chi connectivity index (χ4v) is 2.75. The van der Waals surface area contributed by atoms with Gasteiger partial charge in [-0.25, -0.2) is 17.5 Å². The molecule has 0 spiro atoms. The van der Waals surface area contributed by atoms with Gasteiger partial charge in [0.25, 0.3) is 11.5 Å². The largest absolute Gasteiger partial charge is 0.351 e. The predicted octanol–water partition coefficient (Wildman–Crippen LogP) is -0.340. The van der Waals surface area contributed by atoms with Crippen molar-refractivity contribution >= 4 is 15.9 Å². The average Bonchev–Trinajstić information content (AvgIpc) is 2.53. The molecule has 1 heterocycles. The second kappa shape index (κ2) is 7.67. The zero-order valence-electron chi connectivity index (χ0n) is 14.6. The van der Waals surface area contributed by atoms with E-state index < -0.39 is 21.3 Å². The lowest BCUT2D eigenvalue weighted by molar-refractivity contribution is 0.0952.